The highest BCUT2D eigenvalue weighted by molar-refractivity contribution is 6.30. The second-order valence-corrected chi connectivity index (χ2v) is 5.11. The van der Waals surface area contributed by atoms with Crippen LogP contribution in [0.15, 0.2) is 88.1 Å². The molecule has 2 aliphatic heterocycles. The Morgan fingerprint density at radius 1 is 0.727 bits per heavy atom. The fourth-order valence-electron chi connectivity index (χ4n) is 2.79. The second kappa shape index (κ2) is 5.11. The van der Waals surface area contributed by atoms with Crippen LogP contribution in [0.5, 0.6) is 5.75 Å². The van der Waals surface area contributed by atoms with E-state index in [1.165, 1.54) is 0 Å². The van der Waals surface area contributed by atoms with Crippen LogP contribution in [0.2, 0.25) is 0 Å². The molecule has 22 heavy (non-hydrogen) atoms. The van der Waals surface area contributed by atoms with Crippen LogP contribution in [0.3, 0.4) is 0 Å². The summed E-state index contributed by atoms with van der Waals surface area (Å²) in [5, 5.41) is 0. The molecule has 2 heterocycles. The second-order valence-electron chi connectivity index (χ2n) is 5.11. The molecule has 0 aromatic heterocycles. The SMILES string of the molecule is COc1ccccc1C1=NC=C2C1=CN=C2c1ccccc1. The van der Waals surface area contributed by atoms with Gasteiger partial charge in [0.2, 0.25) is 0 Å². The van der Waals surface area contributed by atoms with E-state index in [0.29, 0.717) is 0 Å². The molecule has 0 saturated heterocycles. The molecule has 106 valence electrons. The maximum absolute atomic E-state index is 5.45. The van der Waals surface area contributed by atoms with Crippen molar-refractivity contribution in [3.8, 4) is 5.75 Å². The van der Waals surface area contributed by atoms with Gasteiger partial charge in [0, 0.05) is 34.7 Å². The van der Waals surface area contributed by atoms with Gasteiger partial charge in [0.1, 0.15) is 5.75 Å². The summed E-state index contributed by atoms with van der Waals surface area (Å²) in [5.41, 5.74) is 6.13. The molecule has 0 unspecified atom stereocenters. The molecule has 2 aromatic rings. The maximum Gasteiger partial charge on any atom is 0.128 e. The number of ether oxygens (including phenoxy) is 1. The van der Waals surface area contributed by atoms with Gasteiger partial charge < -0.3 is 4.74 Å². The lowest BCUT2D eigenvalue weighted by atomic mass is 9.95. The zero-order valence-electron chi connectivity index (χ0n) is 12.2. The normalized spacial score (nSPS) is 15.7. The molecular formula is C19H14N2O. The van der Waals surface area contributed by atoms with Crippen molar-refractivity contribution in [2.75, 3.05) is 7.11 Å². The quantitative estimate of drug-likeness (QED) is 0.845. The summed E-state index contributed by atoms with van der Waals surface area (Å²) >= 11 is 0. The van der Waals surface area contributed by atoms with Crippen molar-refractivity contribution in [2.24, 2.45) is 9.98 Å². The van der Waals surface area contributed by atoms with Gasteiger partial charge in [-0.05, 0) is 12.1 Å². The molecular weight excluding hydrogens is 272 g/mol. The summed E-state index contributed by atoms with van der Waals surface area (Å²) in [5.74, 6) is 0.824. The van der Waals surface area contributed by atoms with Gasteiger partial charge >= 0.3 is 0 Å². The van der Waals surface area contributed by atoms with Crippen LogP contribution >= 0.6 is 0 Å². The number of hydrogen-bond acceptors (Lipinski definition) is 3. The Morgan fingerprint density at radius 2 is 1.36 bits per heavy atom. The summed E-state index contributed by atoms with van der Waals surface area (Å²) in [6, 6.07) is 18.1. The van der Waals surface area contributed by atoms with Crippen LogP contribution in [0.1, 0.15) is 11.1 Å². The molecule has 3 heteroatoms. The summed E-state index contributed by atoms with van der Waals surface area (Å²) in [6.07, 6.45) is 3.79. The van der Waals surface area contributed by atoms with Crippen molar-refractivity contribution < 1.29 is 4.74 Å². The van der Waals surface area contributed by atoms with E-state index in [1.807, 2.05) is 54.9 Å². The lowest BCUT2D eigenvalue weighted by Crippen LogP contribution is -2.07. The third-order valence-electron chi connectivity index (χ3n) is 3.86. The molecule has 0 N–H and O–H groups in total. The van der Waals surface area contributed by atoms with Gasteiger partial charge in [-0.3, -0.25) is 9.98 Å². The number of para-hydroxylation sites is 1. The van der Waals surface area contributed by atoms with Crippen LogP contribution in [0, 0.1) is 0 Å². The minimum absolute atomic E-state index is 0.824. The van der Waals surface area contributed by atoms with Gasteiger partial charge in [0.05, 0.1) is 18.5 Å². The highest BCUT2D eigenvalue weighted by Crippen LogP contribution is 2.34. The van der Waals surface area contributed by atoms with Crippen molar-refractivity contribution in [3.05, 3.63) is 89.3 Å². The third kappa shape index (κ3) is 1.91. The Bertz CT molecular complexity index is 858. The predicted octanol–water partition coefficient (Wildman–Crippen LogP) is 3.77. The fourth-order valence-corrected chi connectivity index (χ4v) is 2.79. The molecule has 2 aliphatic rings. The molecule has 0 radical (unpaired) electrons. The van der Waals surface area contributed by atoms with Gasteiger partial charge in [-0.2, -0.15) is 0 Å². The summed E-state index contributed by atoms with van der Waals surface area (Å²) in [6.45, 7) is 0. The van der Waals surface area contributed by atoms with Crippen LogP contribution in [-0.2, 0) is 0 Å². The first-order chi connectivity index (χ1) is 10.9. The van der Waals surface area contributed by atoms with Crippen molar-refractivity contribution in [3.63, 3.8) is 0 Å². The van der Waals surface area contributed by atoms with E-state index >= 15 is 0 Å². The average Bonchev–Trinajstić information content (AvgIpc) is 3.17. The highest BCUT2D eigenvalue weighted by atomic mass is 16.5. The number of methoxy groups -OCH3 is 1. The van der Waals surface area contributed by atoms with Crippen LogP contribution in [0.4, 0.5) is 0 Å². The number of hydrogen-bond donors (Lipinski definition) is 0. The molecule has 0 atom stereocenters. The lowest BCUT2D eigenvalue weighted by molar-refractivity contribution is 0.414. The maximum atomic E-state index is 5.45. The molecule has 4 rings (SSSR count). The Balaban J connectivity index is 1.69. The number of rotatable bonds is 3. The standard InChI is InChI=1S/C19H14N2O/c1-22-17-10-6-5-9-14(17)19-16-12-20-18(15(16)11-21-19)13-7-3-2-4-8-13/h2-12H,1H3. The first-order valence-corrected chi connectivity index (χ1v) is 7.14. The van der Waals surface area contributed by atoms with Gasteiger partial charge in [-0.15, -0.1) is 0 Å². The number of aliphatic imine (C=N–C) groups is 2. The average molecular weight is 286 g/mol. The van der Waals surface area contributed by atoms with E-state index in [2.05, 4.69) is 22.1 Å². The Kier molecular flexibility index (Phi) is 2.97. The van der Waals surface area contributed by atoms with Crippen molar-refractivity contribution in [1.82, 2.24) is 0 Å². The van der Waals surface area contributed by atoms with E-state index in [0.717, 1.165) is 39.4 Å². The Morgan fingerprint density at radius 3 is 2.14 bits per heavy atom. The molecule has 0 aliphatic carbocycles. The predicted molar refractivity (Wildman–Crippen MR) is 88.7 cm³/mol. The lowest BCUT2D eigenvalue weighted by Gasteiger charge is -2.09. The first kappa shape index (κ1) is 12.8. The molecule has 0 amide bonds. The number of allylic oxidation sites excluding steroid dienone is 2. The first-order valence-electron chi connectivity index (χ1n) is 7.14. The smallest absolute Gasteiger partial charge is 0.128 e. The molecule has 3 nitrogen and oxygen atoms in total. The topological polar surface area (TPSA) is 34.0 Å². The van der Waals surface area contributed by atoms with E-state index in [1.54, 1.807) is 7.11 Å². The Hall–Kier alpha value is -2.94. The van der Waals surface area contributed by atoms with E-state index in [-0.39, 0.29) is 0 Å². The summed E-state index contributed by atoms with van der Waals surface area (Å²) < 4.78 is 5.45. The van der Waals surface area contributed by atoms with Crippen LogP contribution in [-0.4, -0.2) is 18.5 Å². The van der Waals surface area contributed by atoms with Crippen molar-refractivity contribution in [2.45, 2.75) is 0 Å². The minimum atomic E-state index is 0.824. The number of benzene rings is 2. The molecule has 0 bridgehead atoms. The van der Waals surface area contributed by atoms with Gasteiger partial charge in [-0.1, -0.05) is 42.5 Å². The molecule has 0 spiro atoms. The minimum Gasteiger partial charge on any atom is -0.496 e. The van der Waals surface area contributed by atoms with Crippen molar-refractivity contribution >= 4 is 11.4 Å². The Labute approximate surface area is 129 Å². The number of nitrogens with zero attached hydrogens (tertiary/aromatic N) is 2. The van der Waals surface area contributed by atoms with Gasteiger partial charge in [0.25, 0.3) is 0 Å². The van der Waals surface area contributed by atoms with E-state index < -0.39 is 0 Å². The molecule has 2 aromatic carbocycles. The molecule has 0 fully saturated rings. The zero-order chi connectivity index (χ0) is 14.9. The molecule has 0 saturated carbocycles. The van der Waals surface area contributed by atoms with Crippen molar-refractivity contribution in [1.29, 1.82) is 0 Å². The van der Waals surface area contributed by atoms with Gasteiger partial charge in [0.15, 0.2) is 0 Å². The van der Waals surface area contributed by atoms with Crippen LogP contribution < -0.4 is 4.74 Å². The van der Waals surface area contributed by atoms with E-state index in [4.69, 9.17) is 4.74 Å². The summed E-state index contributed by atoms with van der Waals surface area (Å²) in [7, 11) is 1.68. The largest absolute Gasteiger partial charge is 0.496 e. The highest BCUT2D eigenvalue weighted by Gasteiger charge is 2.28. The van der Waals surface area contributed by atoms with E-state index in [9.17, 15) is 0 Å². The third-order valence-corrected chi connectivity index (χ3v) is 3.86. The fraction of sp³-hybridized carbons (Fsp3) is 0.0526. The number of fused-ring (bicyclic) bond motifs is 1. The van der Waals surface area contributed by atoms with Crippen LogP contribution in [0.25, 0.3) is 0 Å². The monoisotopic (exact) mass is 286 g/mol. The van der Waals surface area contributed by atoms with Gasteiger partial charge in [-0.25, -0.2) is 0 Å². The zero-order valence-corrected chi connectivity index (χ0v) is 12.2. The summed E-state index contributed by atoms with van der Waals surface area (Å²) in [4.78, 5) is 9.19.